The number of thiophene rings is 1. The van der Waals surface area contributed by atoms with Gasteiger partial charge in [-0.25, -0.2) is 4.79 Å². The molecule has 0 atom stereocenters. The summed E-state index contributed by atoms with van der Waals surface area (Å²) in [5, 5.41) is 10.6. The molecule has 0 aliphatic carbocycles. The minimum atomic E-state index is -0.922. The van der Waals surface area contributed by atoms with Crippen molar-refractivity contribution in [1.82, 2.24) is 4.90 Å². The third-order valence-electron chi connectivity index (χ3n) is 2.55. The fraction of sp³-hybridized carbons (Fsp3) is 0.538. The molecule has 1 rings (SSSR count). The fourth-order valence-corrected chi connectivity index (χ4v) is 3.64. The van der Waals surface area contributed by atoms with Crippen molar-refractivity contribution in [1.29, 1.82) is 0 Å². The Morgan fingerprint density at radius 3 is 2.32 bits per heavy atom. The molecule has 1 heterocycles. The molecule has 0 aliphatic heterocycles. The van der Waals surface area contributed by atoms with E-state index in [4.69, 9.17) is 5.11 Å². The molecule has 0 aliphatic rings. The van der Waals surface area contributed by atoms with Crippen LogP contribution in [0.3, 0.4) is 0 Å². The molecule has 0 saturated heterocycles. The summed E-state index contributed by atoms with van der Waals surface area (Å²) in [5.41, 5.74) is 0. The molecule has 0 spiro atoms. The van der Waals surface area contributed by atoms with E-state index in [-0.39, 0.29) is 18.0 Å². The second-order valence-corrected chi connectivity index (χ2v) is 6.69. The highest BCUT2D eigenvalue weighted by Crippen LogP contribution is 2.25. The largest absolute Gasteiger partial charge is 0.477 e. The van der Waals surface area contributed by atoms with Crippen molar-refractivity contribution in [3.05, 3.63) is 16.3 Å². The number of carboxylic acids is 1. The average Bonchev–Trinajstić information content (AvgIpc) is 2.73. The van der Waals surface area contributed by atoms with Crippen molar-refractivity contribution in [2.24, 2.45) is 0 Å². The zero-order valence-electron chi connectivity index (χ0n) is 11.5. The molecule has 0 radical (unpaired) electrons. The Morgan fingerprint density at radius 2 is 1.89 bits per heavy atom. The first-order valence-electron chi connectivity index (χ1n) is 6.08. The van der Waals surface area contributed by atoms with Gasteiger partial charge in [0.15, 0.2) is 0 Å². The maximum Gasteiger partial charge on any atom is 0.345 e. The van der Waals surface area contributed by atoms with Crippen LogP contribution < -0.4 is 0 Å². The number of amides is 1. The Labute approximate surface area is 121 Å². The zero-order chi connectivity index (χ0) is 14.6. The maximum absolute atomic E-state index is 12.1. The van der Waals surface area contributed by atoms with E-state index in [1.54, 1.807) is 11.4 Å². The molecule has 1 N–H and O–H groups in total. The number of hydrogen-bond acceptors (Lipinski definition) is 4. The predicted molar refractivity (Wildman–Crippen MR) is 79.1 cm³/mol. The van der Waals surface area contributed by atoms with Gasteiger partial charge >= 0.3 is 5.97 Å². The smallest absolute Gasteiger partial charge is 0.345 e. The third kappa shape index (κ3) is 4.54. The standard InChI is InChI=1S/C13H19NO3S2/c1-8(2)14(9(3)4)12(15)7-18-10-5-11(13(16)17)19-6-10/h5-6,8-9H,7H2,1-4H3,(H,16,17). The molecule has 1 amide bonds. The summed E-state index contributed by atoms with van der Waals surface area (Å²) in [7, 11) is 0. The van der Waals surface area contributed by atoms with Crippen LogP contribution in [-0.4, -0.2) is 39.7 Å². The number of aromatic carboxylic acids is 1. The van der Waals surface area contributed by atoms with Crippen molar-refractivity contribution >= 4 is 35.0 Å². The van der Waals surface area contributed by atoms with Crippen molar-refractivity contribution in [3.8, 4) is 0 Å². The Hall–Kier alpha value is -1.01. The fourth-order valence-electron chi connectivity index (χ4n) is 1.90. The Morgan fingerprint density at radius 1 is 1.32 bits per heavy atom. The lowest BCUT2D eigenvalue weighted by atomic mass is 10.2. The van der Waals surface area contributed by atoms with Crippen molar-refractivity contribution in [2.75, 3.05) is 5.75 Å². The molecule has 0 bridgehead atoms. The van der Waals surface area contributed by atoms with Crippen LogP contribution in [0.1, 0.15) is 37.4 Å². The molecule has 1 aromatic rings. The minimum Gasteiger partial charge on any atom is -0.477 e. The molecule has 4 nitrogen and oxygen atoms in total. The lowest BCUT2D eigenvalue weighted by Crippen LogP contribution is -2.43. The normalized spacial score (nSPS) is 11.1. The summed E-state index contributed by atoms with van der Waals surface area (Å²) < 4.78 is 0. The Bertz CT molecular complexity index is 446. The van der Waals surface area contributed by atoms with E-state index in [2.05, 4.69) is 0 Å². The van der Waals surface area contributed by atoms with Gasteiger partial charge in [-0.3, -0.25) is 4.79 Å². The lowest BCUT2D eigenvalue weighted by Gasteiger charge is -2.30. The Balaban J connectivity index is 2.59. The molecule has 0 saturated carbocycles. The van der Waals surface area contributed by atoms with E-state index in [9.17, 15) is 9.59 Å². The second kappa shape index (κ2) is 6.96. The van der Waals surface area contributed by atoms with Crippen molar-refractivity contribution in [3.63, 3.8) is 0 Å². The highest BCUT2D eigenvalue weighted by Gasteiger charge is 2.20. The molecule has 0 aromatic carbocycles. The summed E-state index contributed by atoms with van der Waals surface area (Å²) >= 11 is 2.57. The summed E-state index contributed by atoms with van der Waals surface area (Å²) in [6.07, 6.45) is 0. The second-order valence-electron chi connectivity index (χ2n) is 4.73. The molecule has 106 valence electrons. The van der Waals surface area contributed by atoms with Crippen molar-refractivity contribution < 1.29 is 14.7 Å². The molecule has 0 unspecified atom stereocenters. The van der Waals surface area contributed by atoms with Gasteiger partial charge in [-0.2, -0.15) is 0 Å². The van der Waals surface area contributed by atoms with Gasteiger partial charge in [0.25, 0.3) is 0 Å². The number of hydrogen-bond donors (Lipinski definition) is 1. The molecule has 1 aromatic heterocycles. The number of rotatable bonds is 6. The van der Waals surface area contributed by atoms with Gasteiger partial charge in [0, 0.05) is 22.4 Å². The minimum absolute atomic E-state index is 0.0816. The first kappa shape index (κ1) is 16.0. The van der Waals surface area contributed by atoms with Gasteiger partial charge in [-0.15, -0.1) is 23.1 Å². The third-order valence-corrected chi connectivity index (χ3v) is 4.58. The van der Waals surface area contributed by atoms with E-state index in [1.165, 1.54) is 23.1 Å². The summed E-state index contributed by atoms with van der Waals surface area (Å²) in [4.78, 5) is 25.9. The van der Waals surface area contributed by atoms with Gasteiger partial charge < -0.3 is 10.0 Å². The maximum atomic E-state index is 12.1. The van der Waals surface area contributed by atoms with Crippen LogP contribution in [0, 0.1) is 0 Å². The molecule has 19 heavy (non-hydrogen) atoms. The van der Waals surface area contributed by atoms with Gasteiger partial charge in [0.2, 0.25) is 5.91 Å². The monoisotopic (exact) mass is 301 g/mol. The lowest BCUT2D eigenvalue weighted by molar-refractivity contribution is -0.131. The number of carbonyl (C=O) groups excluding carboxylic acids is 1. The van der Waals surface area contributed by atoms with E-state index in [0.717, 1.165) is 4.90 Å². The SMILES string of the molecule is CC(C)N(C(=O)CSc1csc(C(=O)O)c1)C(C)C. The van der Waals surface area contributed by atoms with Gasteiger partial charge in [0.05, 0.1) is 5.75 Å². The van der Waals surface area contributed by atoms with Gasteiger partial charge in [-0.05, 0) is 33.8 Å². The van der Waals surface area contributed by atoms with Crippen LogP contribution in [0.5, 0.6) is 0 Å². The summed E-state index contributed by atoms with van der Waals surface area (Å²) in [6, 6.07) is 1.95. The molecular weight excluding hydrogens is 282 g/mol. The highest BCUT2D eigenvalue weighted by atomic mass is 32.2. The van der Waals surface area contributed by atoms with E-state index >= 15 is 0 Å². The van der Waals surface area contributed by atoms with E-state index < -0.39 is 5.97 Å². The first-order valence-corrected chi connectivity index (χ1v) is 7.95. The van der Waals surface area contributed by atoms with Crippen molar-refractivity contribution in [2.45, 2.75) is 44.7 Å². The number of carboxylic acid groups (broad SMARTS) is 1. The van der Waals surface area contributed by atoms with Gasteiger partial charge in [0.1, 0.15) is 4.88 Å². The molecule has 0 fully saturated rings. The van der Waals surface area contributed by atoms with Crippen LogP contribution in [0.4, 0.5) is 0 Å². The van der Waals surface area contributed by atoms with E-state index in [1.807, 2.05) is 32.6 Å². The quantitative estimate of drug-likeness (QED) is 0.820. The number of thioether (sulfide) groups is 1. The van der Waals surface area contributed by atoms with Crippen LogP contribution in [-0.2, 0) is 4.79 Å². The van der Waals surface area contributed by atoms with Gasteiger partial charge in [-0.1, -0.05) is 0 Å². The first-order chi connectivity index (χ1) is 8.82. The Kier molecular flexibility index (Phi) is 5.87. The zero-order valence-corrected chi connectivity index (χ0v) is 13.2. The molecule has 6 heteroatoms. The van der Waals surface area contributed by atoms with Crippen LogP contribution in [0.2, 0.25) is 0 Å². The summed E-state index contributed by atoms with van der Waals surface area (Å²) in [5.74, 6) is -0.501. The number of carbonyl (C=O) groups is 2. The predicted octanol–water partition coefficient (Wildman–Crippen LogP) is 3.18. The average molecular weight is 301 g/mol. The number of nitrogens with zero attached hydrogens (tertiary/aromatic N) is 1. The summed E-state index contributed by atoms with van der Waals surface area (Å²) in [6.45, 7) is 7.98. The van der Waals surface area contributed by atoms with Crippen LogP contribution in [0.15, 0.2) is 16.3 Å². The van der Waals surface area contributed by atoms with Crippen LogP contribution >= 0.6 is 23.1 Å². The van der Waals surface area contributed by atoms with Crippen LogP contribution in [0.25, 0.3) is 0 Å². The highest BCUT2D eigenvalue weighted by molar-refractivity contribution is 8.00. The van der Waals surface area contributed by atoms with E-state index in [0.29, 0.717) is 10.6 Å². The molecular formula is C13H19NO3S2. The topological polar surface area (TPSA) is 57.6 Å².